The zero-order valence-corrected chi connectivity index (χ0v) is 22.0. The third-order valence-electron chi connectivity index (χ3n) is 5.16. The first kappa shape index (κ1) is 33.7. The molecule has 17 heteroatoms. The minimum atomic E-state index is -1.05. The second kappa shape index (κ2) is 18.9. The predicted octanol–water partition coefficient (Wildman–Crippen LogP) is -4.00. The van der Waals surface area contributed by atoms with Crippen molar-refractivity contribution in [1.29, 1.82) is 16.2 Å². The lowest BCUT2D eigenvalue weighted by Gasteiger charge is -2.25. The second-order valence-corrected chi connectivity index (χ2v) is 8.44. The van der Waals surface area contributed by atoms with Gasteiger partial charge in [-0.25, -0.2) is 0 Å². The van der Waals surface area contributed by atoms with Gasteiger partial charge >= 0.3 is 0 Å². The van der Waals surface area contributed by atoms with Gasteiger partial charge in [0.2, 0.25) is 23.6 Å². The molecule has 216 valence electrons. The smallest absolute Gasteiger partial charge is 0.243 e. The number of nitrogens with two attached hydrogens (primary N) is 3. The normalized spacial score (nSPS) is 12.6. The lowest BCUT2D eigenvalue weighted by atomic mass is 10.1. The van der Waals surface area contributed by atoms with Crippen molar-refractivity contribution in [1.82, 2.24) is 37.2 Å². The Morgan fingerprint density at radius 2 is 0.921 bits per heavy atom. The molecule has 0 unspecified atom stereocenters. The summed E-state index contributed by atoms with van der Waals surface area (Å²) in [5.41, 5.74) is 15.8. The maximum absolute atomic E-state index is 13.2. The van der Waals surface area contributed by atoms with E-state index in [1.807, 2.05) is 0 Å². The number of rotatable bonds is 18. The molecule has 0 aliphatic carbocycles. The van der Waals surface area contributed by atoms with Crippen molar-refractivity contribution in [2.45, 2.75) is 63.6 Å². The van der Waals surface area contributed by atoms with Crippen LogP contribution in [0.3, 0.4) is 0 Å². The molecule has 0 aromatic heterocycles. The molecule has 4 amide bonds. The fourth-order valence-corrected chi connectivity index (χ4v) is 3.36. The molecule has 38 heavy (non-hydrogen) atoms. The Hall–Kier alpha value is -4.31. The summed E-state index contributed by atoms with van der Waals surface area (Å²) in [6.07, 6.45) is 1.81. The highest BCUT2D eigenvalue weighted by atomic mass is 16.2. The van der Waals surface area contributed by atoms with Gasteiger partial charge in [-0.3, -0.25) is 35.4 Å². The van der Waals surface area contributed by atoms with E-state index in [1.54, 1.807) is 0 Å². The van der Waals surface area contributed by atoms with Gasteiger partial charge in [0.25, 0.3) is 0 Å². The molecule has 3 atom stereocenters. The van der Waals surface area contributed by atoms with Crippen molar-refractivity contribution in [2.24, 2.45) is 17.2 Å². The Balaban J connectivity index is 5.46. The highest BCUT2D eigenvalue weighted by Gasteiger charge is 2.28. The summed E-state index contributed by atoms with van der Waals surface area (Å²) in [5.74, 6) is -2.73. The molecule has 0 saturated carbocycles. The third kappa shape index (κ3) is 16.4. The second-order valence-electron chi connectivity index (χ2n) is 8.44. The van der Waals surface area contributed by atoms with Crippen LogP contribution < -0.4 is 54.4 Å². The first-order chi connectivity index (χ1) is 17.9. The van der Waals surface area contributed by atoms with Gasteiger partial charge in [-0.1, -0.05) is 0 Å². The minimum Gasteiger partial charge on any atom is -0.370 e. The molecule has 0 fully saturated rings. The highest BCUT2D eigenvalue weighted by Crippen LogP contribution is 2.05. The average molecular weight is 542 g/mol. The van der Waals surface area contributed by atoms with Gasteiger partial charge in [-0.2, -0.15) is 0 Å². The summed E-state index contributed by atoms with van der Waals surface area (Å²) in [7, 11) is 1.43. The van der Waals surface area contributed by atoms with Gasteiger partial charge < -0.3 is 54.4 Å². The van der Waals surface area contributed by atoms with Gasteiger partial charge in [0.15, 0.2) is 17.9 Å². The predicted molar refractivity (Wildman–Crippen MR) is 143 cm³/mol. The first-order valence-electron chi connectivity index (χ1n) is 12.2. The number of carbonyl (C=O) groups is 4. The fourth-order valence-electron chi connectivity index (χ4n) is 3.36. The highest BCUT2D eigenvalue weighted by molar-refractivity contribution is 5.94. The molecule has 16 N–H and O–H groups in total. The van der Waals surface area contributed by atoms with Gasteiger partial charge in [-0.05, 0) is 38.5 Å². The van der Waals surface area contributed by atoms with Crippen molar-refractivity contribution in [3.63, 3.8) is 0 Å². The summed E-state index contributed by atoms with van der Waals surface area (Å²) in [4.78, 5) is 50.2. The van der Waals surface area contributed by atoms with E-state index in [4.69, 9.17) is 33.4 Å². The van der Waals surface area contributed by atoms with Crippen LogP contribution in [0.5, 0.6) is 0 Å². The van der Waals surface area contributed by atoms with Gasteiger partial charge in [0, 0.05) is 33.6 Å². The number of guanidine groups is 3. The van der Waals surface area contributed by atoms with E-state index in [0.717, 1.165) is 0 Å². The number of nitrogens with one attached hydrogen (secondary N) is 10. The summed E-state index contributed by atoms with van der Waals surface area (Å²) >= 11 is 0. The Kier molecular flexibility index (Phi) is 16.7. The fraction of sp³-hybridized carbons (Fsp3) is 0.667. The molecule has 0 rings (SSSR count). The van der Waals surface area contributed by atoms with Crippen molar-refractivity contribution in [3.05, 3.63) is 0 Å². The topological polar surface area (TPSA) is 302 Å². The first-order valence-corrected chi connectivity index (χ1v) is 12.2. The molecule has 17 nitrogen and oxygen atoms in total. The van der Waals surface area contributed by atoms with Crippen LogP contribution in [0, 0.1) is 16.2 Å². The Morgan fingerprint density at radius 1 is 0.605 bits per heavy atom. The van der Waals surface area contributed by atoms with Crippen molar-refractivity contribution in [3.8, 4) is 0 Å². The Labute approximate surface area is 222 Å². The van der Waals surface area contributed by atoms with E-state index in [2.05, 4.69) is 37.2 Å². The van der Waals surface area contributed by atoms with Crippen molar-refractivity contribution >= 4 is 41.5 Å². The number of likely N-dealkylation sites (N-methyl/N-ethyl adjacent to an activating group) is 1. The monoisotopic (exact) mass is 541 g/mol. The van der Waals surface area contributed by atoms with Crippen LogP contribution in [0.25, 0.3) is 0 Å². The standard InChI is InChI=1S/C21H43N13O4/c1-12(35)32-14(7-4-10-30-20(24)25)17(37)34-15(8-5-11-31-21(26)27)18(38)33-13(16(36)28-2)6-3-9-29-19(22)23/h13-15H,3-11H2,1-2H3,(H,28,36)(H,32,35)(H,33,38)(H,34,37)(H4,22,23,29)(H4,24,25,30)(H4,26,27,31)/t13-,14-,15-/m0/s1. The zero-order valence-electron chi connectivity index (χ0n) is 22.0. The van der Waals surface area contributed by atoms with Crippen LogP contribution >= 0.6 is 0 Å². The van der Waals surface area contributed by atoms with E-state index in [0.29, 0.717) is 32.4 Å². The molecule has 0 aliphatic heterocycles. The van der Waals surface area contributed by atoms with E-state index < -0.39 is 41.8 Å². The van der Waals surface area contributed by atoms with Crippen molar-refractivity contribution in [2.75, 3.05) is 26.7 Å². The minimum absolute atomic E-state index is 0.156. The van der Waals surface area contributed by atoms with Crippen LogP contribution in [-0.2, 0) is 19.2 Å². The summed E-state index contributed by atoms with van der Waals surface area (Å²) in [6, 6.07) is -2.90. The maximum atomic E-state index is 13.2. The van der Waals surface area contributed by atoms with Crippen LogP contribution in [0.1, 0.15) is 45.4 Å². The molecule has 0 aromatic carbocycles. The van der Waals surface area contributed by atoms with Gasteiger partial charge in [0.05, 0.1) is 0 Å². The SMILES string of the molecule is CNC(=O)[C@H](CCCNC(=N)N)NC(=O)[C@H](CCCNC(=N)N)NC(=O)[C@H](CCCNC(=N)N)NC(C)=O. The van der Waals surface area contributed by atoms with Gasteiger partial charge in [0.1, 0.15) is 18.1 Å². The quantitative estimate of drug-likeness (QED) is 0.0453. The molecular formula is C21H43N13O4. The summed E-state index contributed by atoms with van der Waals surface area (Å²) < 4.78 is 0. The van der Waals surface area contributed by atoms with Crippen LogP contribution in [0.4, 0.5) is 0 Å². The Bertz CT molecular complexity index is 836. The maximum Gasteiger partial charge on any atom is 0.243 e. The zero-order chi connectivity index (χ0) is 29.1. The third-order valence-corrected chi connectivity index (χ3v) is 5.16. The van der Waals surface area contributed by atoms with E-state index in [9.17, 15) is 19.2 Å². The van der Waals surface area contributed by atoms with Gasteiger partial charge in [-0.15, -0.1) is 0 Å². The molecule has 0 aromatic rings. The Morgan fingerprint density at radius 3 is 1.21 bits per heavy atom. The lowest BCUT2D eigenvalue weighted by molar-refractivity contribution is -0.133. The molecular weight excluding hydrogens is 498 g/mol. The summed E-state index contributed by atoms with van der Waals surface area (Å²) in [6.45, 7) is 2.18. The number of hydrogen-bond acceptors (Lipinski definition) is 7. The number of amides is 4. The van der Waals surface area contributed by atoms with Crippen LogP contribution in [0.2, 0.25) is 0 Å². The van der Waals surface area contributed by atoms with E-state index in [1.165, 1.54) is 14.0 Å². The van der Waals surface area contributed by atoms with Crippen molar-refractivity contribution < 1.29 is 19.2 Å². The largest absolute Gasteiger partial charge is 0.370 e. The molecule has 0 radical (unpaired) electrons. The van der Waals surface area contributed by atoms with Crippen LogP contribution in [0.15, 0.2) is 0 Å². The average Bonchev–Trinajstić information content (AvgIpc) is 2.83. The lowest BCUT2D eigenvalue weighted by Crippen LogP contribution is -2.56. The van der Waals surface area contributed by atoms with Crippen LogP contribution in [-0.4, -0.2) is 86.3 Å². The molecule has 0 saturated heterocycles. The number of carbonyl (C=O) groups excluding carboxylic acids is 4. The molecule has 0 spiro atoms. The molecule has 0 bridgehead atoms. The summed E-state index contributed by atoms with van der Waals surface area (Å²) in [5, 5.41) is 39.9. The molecule has 0 heterocycles. The number of hydrogen-bond donors (Lipinski definition) is 13. The van der Waals surface area contributed by atoms with E-state index >= 15 is 0 Å². The van der Waals surface area contributed by atoms with E-state index in [-0.39, 0.29) is 43.7 Å². The molecule has 0 aliphatic rings.